The van der Waals surface area contributed by atoms with Gasteiger partial charge in [-0.1, -0.05) is 18.7 Å². The van der Waals surface area contributed by atoms with Crippen molar-refractivity contribution in [1.29, 1.82) is 0 Å². The van der Waals surface area contributed by atoms with Gasteiger partial charge in [-0.15, -0.1) is 0 Å². The average molecular weight is 381 g/mol. The van der Waals surface area contributed by atoms with Crippen LogP contribution in [0.25, 0.3) is 0 Å². The summed E-state index contributed by atoms with van der Waals surface area (Å²) < 4.78 is 7.00. The molecule has 128 valence electrons. The highest BCUT2D eigenvalue weighted by Gasteiger charge is 2.23. The van der Waals surface area contributed by atoms with Gasteiger partial charge in [-0.3, -0.25) is 0 Å². The number of nitrogens with zero attached hydrogens (tertiary/aromatic N) is 2. The molecule has 2 heterocycles. The lowest BCUT2D eigenvalue weighted by molar-refractivity contribution is -0.00335. The van der Waals surface area contributed by atoms with E-state index in [-0.39, 0.29) is 6.10 Å². The predicted octanol–water partition coefficient (Wildman–Crippen LogP) is 5.40. The first-order valence-corrected chi connectivity index (χ1v) is 9.44. The highest BCUT2D eigenvalue weighted by atomic mass is 79.9. The molecule has 0 radical (unpaired) electrons. The van der Waals surface area contributed by atoms with E-state index in [0.29, 0.717) is 12.0 Å². The number of aliphatic imine (C=N–C) groups is 1. The fourth-order valence-electron chi connectivity index (χ4n) is 3.17. The smallest absolute Gasteiger partial charge is 0.116 e. The van der Waals surface area contributed by atoms with Crippen molar-refractivity contribution in [3.63, 3.8) is 0 Å². The molecule has 2 aliphatic rings. The van der Waals surface area contributed by atoms with Crippen molar-refractivity contribution in [2.75, 3.05) is 7.05 Å². The molecule has 0 aromatic heterocycles. The first kappa shape index (κ1) is 18.5. The minimum Gasteiger partial charge on any atom is -0.376 e. The zero-order valence-electron chi connectivity index (χ0n) is 14.6. The van der Waals surface area contributed by atoms with Crippen LogP contribution in [-0.4, -0.2) is 30.0 Å². The van der Waals surface area contributed by atoms with E-state index < -0.39 is 0 Å². The lowest BCUT2D eigenvalue weighted by Crippen LogP contribution is -2.33. The summed E-state index contributed by atoms with van der Waals surface area (Å²) in [7, 11) is 2.09. The molecule has 3 nitrogen and oxygen atoms in total. The fourth-order valence-corrected chi connectivity index (χ4v) is 3.54. The van der Waals surface area contributed by atoms with Gasteiger partial charge in [0.1, 0.15) is 10.4 Å². The minimum atomic E-state index is 0.286. The third-order valence-corrected chi connectivity index (χ3v) is 4.92. The second kappa shape index (κ2) is 8.84. The molecular weight excluding hydrogens is 352 g/mol. The lowest BCUT2D eigenvalue weighted by atomic mass is 9.94. The van der Waals surface area contributed by atoms with Crippen LogP contribution in [0.5, 0.6) is 0 Å². The van der Waals surface area contributed by atoms with Crippen LogP contribution >= 0.6 is 15.9 Å². The van der Waals surface area contributed by atoms with Crippen LogP contribution in [0.15, 0.2) is 40.1 Å². The quantitative estimate of drug-likeness (QED) is 0.473. The lowest BCUT2D eigenvalue weighted by Gasteiger charge is -2.31. The number of fused-ring (bicyclic) bond motifs is 1. The molecule has 23 heavy (non-hydrogen) atoms. The molecule has 2 aliphatic heterocycles. The monoisotopic (exact) mass is 380 g/mol. The van der Waals surface area contributed by atoms with Gasteiger partial charge in [-0.05, 0) is 74.4 Å². The number of rotatable bonds is 2. The van der Waals surface area contributed by atoms with Crippen molar-refractivity contribution in [3.05, 3.63) is 35.1 Å². The Balaban J connectivity index is 2.20. The third kappa shape index (κ3) is 5.61. The number of ether oxygens (including phenoxy) is 1. The summed E-state index contributed by atoms with van der Waals surface area (Å²) in [5.41, 5.74) is 1.11. The second-order valence-electron chi connectivity index (χ2n) is 6.67. The standard InChI is InChI=1S/C19H29BrN2O/c1-14(2)23-17-10-7-9-16-8-5-6-11-18(20)21-19(16)22(4)15(3)12-13-17/h5,8,11,14,16-17H,3,6-7,9-10,12-13H2,1-2,4H3/b8-5+,18-11-,21-19?. The fraction of sp³-hybridized carbons (Fsp3) is 0.632. The van der Waals surface area contributed by atoms with Crippen LogP contribution in [0.4, 0.5) is 0 Å². The molecule has 2 rings (SSSR count). The van der Waals surface area contributed by atoms with E-state index in [2.05, 4.69) is 66.5 Å². The van der Waals surface area contributed by atoms with Gasteiger partial charge in [0.05, 0.1) is 12.2 Å². The SMILES string of the molecule is C=C1CCC(OC(C)C)CCCC2/C=C/C/C=C(/Br)N=C2N1C. The van der Waals surface area contributed by atoms with E-state index in [4.69, 9.17) is 9.73 Å². The van der Waals surface area contributed by atoms with Crippen molar-refractivity contribution >= 4 is 21.8 Å². The molecule has 4 heteroatoms. The van der Waals surface area contributed by atoms with Crippen molar-refractivity contribution in [2.45, 2.75) is 64.6 Å². The summed E-state index contributed by atoms with van der Waals surface area (Å²) in [6.45, 7) is 8.52. The predicted molar refractivity (Wildman–Crippen MR) is 102 cm³/mol. The second-order valence-corrected chi connectivity index (χ2v) is 7.48. The molecule has 1 fully saturated rings. The van der Waals surface area contributed by atoms with E-state index in [0.717, 1.165) is 54.7 Å². The maximum Gasteiger partial charge on any atom is 0.116 e. The minimum absolute atomic E-state index is 0.286. The Hall–Kier alpha value is -0.870. The Morgan fingerprint density at radius 3 is 2.87 bits per heavy atom. The van der Waals surface area contributed by atoms with Gasteiger partial charge in [0.2, 0.25) is 0 Å². The van der Waals surface area contributed by atoms with Crippen LogP contribution in [0.3, 0.4) is 0 Å². The zero-order valence-corrected chi connectivity index (χ0v) is 16.2. The number of allylic oxidation sites excluding steroid dienone is 3. The molecule has 0 aliphatic carbocycles. The molecule has 0 N–H and O–H groups in total. The van der Waals surface area contributed by atoms with Gasteiger partial charge < -0.3 is 9.64 Å². The van der Waals surface area contributed by atoms with Crippen molar-refractivity contribution < 1.29 is 4.74 Å². The first-order valence-electron chi connectivity index (χ1n) is 8.65. The van der Waals surface area contributed by atoms with Gasteiger partial charge >= 0.3 is 0 Å². The van der Waals surface area contributed by atoms with E-state index in [1.54, 1.807) is 0 Å². The molecule has 1 saturated heterocycles. The Morgan fingerprint density at radius 1 is 1.35 bits per heavy atom. The van der Waals surface area contributed by atoms with E-state index in [9.17, 15) is 0 Å². The summed E-state index contributed by atoms with van der Waals surface area (Å²) >= 11 is 3.56. The molecule has 0 aromatic rings. The van der Waals surface area contributed by atoms with Gasteiger partial charge in [-0.2, -0.15) is 0 Å². The largest absolute Gasteiger partial charge is 0.376 e. The van der Waals surface area contributed by atoms with Crippen molar-refractivity contribution in [1.82, 2.24) is 4.90 Å². The Bertz CT molecular complexity index is 507. The number of hydrogen-bond acceptors (Lipinski definition) is 3. The van der Waals surface area contributed by atoms with Crippen LogP contribution in [0.1, 0.15) is 52.4 Å². The van der Waals surface area contributed by atoms with Crippen LogP contribution in [-0.2, 0) is 4.74 Å². The summed E-state index contributed by atoms with van der Waals surface area (Å²) in [6, 6.07) is 0. The summed E-state index contributed by atoms with van der Waals surface area (Å²) in [5.74, 6) is 1.44. The molecule has 0 bridgehead atoms. The molecule has 2 unspecified atom stereocenters. The normalized spacial score (nSPS) is 30.7. The summed E-state index contributed by atoms with van der Waals surface area (Å²) in [6.07, 6.45) is 13.6. The Labute approximate surface area is 149 Å². The highest BCUT2D eigenvalue weighted by Crippen LogP contribution is 2.27. The van der Waals surface area contributed by atoms with Crippen molar-refractivity contribution in [3.8, 4) is 0 Å². The molecule has 0 spiro atoms. The third-order valence-electron chi connectivity index (χ3n) is 4.42. The van der Waals surface area contributed by atoms with Crippen molar-refractivity contribution in [2.24, 2.45) is 10.9 Å². The van der Waals surface area contributed by atoms with E-state index in [1.807, 2.05) is 0 Å². The van der Waals surface area contributed by atoms with E-state index in [1.165, 1.54) is 0 Å². The summed E-state index contributed by atoms with van der Waals surface area (Å²) in [5, 5.41) is 0. The van der Waals surface area contributed by atoms with E-state index >= 15 is 0 Å². The highest BCUT2D eigenvalue weighted by molar-refractivity contribution is 9.11. The van der Waals surface area contributed by atoms with Gasteiger partial charge in [-0.25, -0.2) is 4.99 Å². The molecule has 0 saturated carbocycles. The molecule has 0 aromatic carbocycles. The van der Waals surface area contributed by atoms with Gasteiger partial charge in [0.25, 0.3) is 0 Å². The van der Waals surface area contributed by atoms with Gasteiger partial charge in [0, 0.05) is 18.7 Å². The van der Waals surface area contributed by atoms with Crippen LogP contribution in [0.2, 0.25) is 0 Å². The number of hydrogen-bond donors (Lipinski definition) is 0. The number of halogens is 1. The molecule has 0 amide bonds. The summed E-state index contributed by atoms with van der Waals surface area (Å²) in [4.78, 5) is 6.98. The topological polar surface area (TPSA) is 24.8 Å². The first-order chi connectivity index (χ1) is 11.0. The maximum absolute atomic E-state index is 6.08. The van der Waals surface area contributed by atoms with Gasteiger partial charge in [0.15, 0.2) is 0 Å². The maximum atomic E-state index is 6.08. The zero-order chi connectivity index (χ0) is 16.8. The average Bonchev–Trinajstić information content (AvgIpc) is 2.48. The Kier molecular flexibility index (Phi) is 7.09. The Morgan fingerprint density at radius 2 is 2.13 bits per heavy atom. The molecular formula is C19H29BrN2O. The van der Waals surface area contributed by atoms with Crippen LogP contribution < -0.4 is 0 Å². The van der Waals surface area contributed by atoms with Crippen LogP contribution in [0, 0.1) is 5.92 Å². The number of amidine groups is 1. The molecule has 2 atom stereocenters.